The molecule has 0 bridgehead atoms. The van der Waals surface area contributed by atoms with Crippen LogP contribution in [0.1, 0.15) is 37.3 Å². The van der Waals surface area contributed by atoms with Gasteiger partial charge in [-0.15, -0.1) is 0 Å². The molecule has 9 heteroatoms. The number of hydrazine groups is 1. The minimum absolute atomic E-state index is 0.218. The highest BCUT2D eigenvalue weighted by molar-refractivity contribution is 7.97. The third kappa shape index (κ3) is 7.88. The van der Waals surface area contributed by atoms with Gasteiger partial charge in [-0.1, -0.05) is 24.0 Å². The number of pyridine rings is 2. The van der Waals surface area contributed by atoms with Gasteiger partial charge in [0, 0.05) is 52.8 Å². The zero-order valence-corrected chi connectivity index (χ0v) is 22.3. The average Bonchev–Trinajstić information content (AvgIpc) is 2.97. The van der Waals surface area contributed by atoms with Gasteiger partial charge in [0.05, 0.1) is 11.2 Å². The maximum Gasteiger partial charge on any atom is 0.321 e. The molecule has 0 saturated carbocycles. The van der Waals surface area contributed by atoms with Crippen LogP contribution in [0.25, 0.3) is 22.2 Å². The lowest BCUT2D eigenvalue weighted by Crippen LogP contribution is -2.40. The number of carbonyl (C=O) groups is 2. The van der Waals surface area contributed by atoms with Gasteiger partial charge in [0.1, 0.15) is 6.04 Å². The molecule has 2 aromatic heterocycles. The standard InChI is InChI=1S/C28H23N3O2S.C2H6N2O/c32-28(33)27-3-1-2-18-31(27)34-24-13-8-21(9-14-24)5-4-20-6-10-22(11-7-20)25-15-12-23-19-29-17-16-26(23)30-25;1-2(5)4-3/h6-17,19,27H,1-3,18H2,(H,32,33);3H2,1H3,(H,4,5). The fourth-order valence-electron chi connectivity index (χ4n) is 3.99. The number of carboxylic acid groups (broad SMARTS) is 1. The largest absolute Gasteiger partial charge is 0.480 e. The molecule has 39 heavy (non-hydrogen) atoms. The van der Waals surface area contributed by atoms with Crippen LogP contribution < -0.4 is 11.3 Å². The number of hydrogen-bond donors (Lipinski definition) is 3. The predicted molar refractivity (Wildman–Crippen MR) is 153 cm³/mol. The van der Waals surface area contributed by atoms with E-state index in [4.69, 9.17) is 4.98 Å². The summed E-state index contributed by atoms with van der Waals surface area (Å²) in [7, 11) is 0. The lowest BCUT2D eigenvalue weighted by atomic mass is 10.1. The summed E-state index contributed by atoms with van der Waals surface area (Å²) >= 11 is 1.52. The Labute approximate surface area is 231 Å². The Morgan fingerprint density at radius 3 is 2.31 bits per heavy atom. The Bertz CT molecular complexity index is 1500. The van der Waals surface area contributed by atoms with E-state index in [0.29, 0.717) is 6.42 Å². The Balaban J connectivity index is 0.000000648. The summed E-state index contributed by atoms with van der Waals surface area (Å²) in [5, 5.41) is 10.5. The van der Waals surface area contributed by atoms with Crippen LogP contribution in [0, 0.1) is 11.8 Å². The van der Waals surface area contributed by atoms with E-state index in [2.05, 4.69) is 22.7 Å². The Morgan fingerprint density at radius 2 is 1.67 bits per heavy atom. The summed E-state index contributed by atoms with van der Waals surface area (Å²) in [5.41, 5.74) is 6.64. The molecule has 198 valence electrons. The van der Waals surface area contributed by atoms with Crippen molar-refractivity contribution >= 4 is 34.7 Å². The van der Waals surface area contributed by atoms with E-state index < -0.39 is 12.0 Å². The lowest BCUT2D eigenvalue weighted by molar-refractivity contribution is -0.142. The third-order valence-electron chi connectivity index (χ3n) is 6.04. The molecule has 1 amide bonds. The van der Waals surface area contributed by atoms with E-state index in [0.717, 1.165) is 57.6 Å². The molecular weight excluding hydrogens is 510 g/mol. The van der Waals surface area contributed by atoms with E-state index in [1.165, 1.54) is 18.9 Å². The summed E-state index contributed by atoms with van der Waals surface area (Å²) in [6.45, 7) is 2.14. The highest BCUT2D eigenvalue weighted by atomic mass is 32.2. The van der Waals surface area contributed by atoms with Gasteiger partial charge in [-0.3, -0.25) is 20.0 Å². The molecule has 1 atom stereocenters. The van der Waals surface area contributed by atoms with Crippen LogP contribution in [-0.4, -0.2) is 43.8 Å². The number of amides is 1. The number of nitrogens with two attached hydrogens (primary N) is 1. The molecule has 1 aliphatic heterocycles. The van der Waals surface area contributed by atoms with Gasteiger partial charge in [0.25, 0.3) is 0 Å². The first-order chi connectivity index (χ1) is 18.9. The maximum atomic E-state index is 11.5. The van der Waals surface area contributed by atoms with Gasteiger partial charge >= 0.3 is 5.97 Å². The molecule has 1 saturated heterocycles. The van der Waals surface area contributed by atoms with E-state index in [9.17, 15) is 14.7 Å². The number of aliphatic carboxylic acids is 1. The zero-order chi connectivity index (χ0) is 27.6. The molecule has 0 aliphatic carbocycles. The van der Waals surface area contributed by atoms with Crippen molar-refractivity contribution in [3.8, 4) is 23.1 Å². The van der Waals surface area contributed by atoms with Crippen LogP contribution >= 0.6 is 11.9 Å². The van der Waals surface area contributed by atoms with Gasteiger partial charge in [-0.2, -0.15) is 0 Å². The number of fused-ring (bicyclic) bond motifs is 1. The van der Waals surface area contributed by atoms with Crippen LogP contribution in [0.3, 0.4) is 0 Å². The maximum absolute atomic E-state index is 11.5. The molecule has 3 heterocycles. The number of carbonyl (C=O) groups excluding carboxylic acids is 1. The van der Waals surface area contributed by atoms with E-state index in [-0.39, 0.29) is 5.91 Å². The number of piperidine rings is 1. The van der Waals surface area contributed by atoms with Crippen LogP contribution in [0.4, 0.5) is 0 Å². The molecule has 8 nitrogen and oxygen atoms in total. The molecular formula is C30H29N5O3S. The second-order valence-corrected chi connectivity index (χ2v) is 10.0. The lowest BCUT2D eigenvalue weighted by Gasteiger charge is -2.31. The van der Waals surface area contributed by atoms with Gasteiger partial charge in [-0.05, 0) is 85.8 Å². The minimum Gasteiger partial charge on any atom is -0.480 e. The zero-order valence-electron chi connectivity index (χ0n) is 21.5. The van der Waals surface area contributed by atoms with Crippen LogP contribution in [0.2, 0.25) is 0 Å². The number of rotatable bonds is 4. The normalized spacial score (nSPS) is 14.9. The quantitative estimate of drug-likeness (QED) is 0.113. The van der Waals surface area contributed by atoms with Gasteiger partial charge in [-0.25, -0.2) is 15.1 Å². The number of nitrogens with one attached hydrogen (secondary N) is 1. The highest BCUT2D eigenvalue weighted by Gasteiger charge is 2.29. The summed E-state index contributed by atoms with van der Waals surface area (Å²) in [6.07, 6.45) is 6.28. The van der Waals surface area contributed by atoms with Crippen molar-refractivity contribution in [2.24, 2.45) is 5.84 Å². The van der Waals surface area contributed by atoms with Crippen molar-refractivity contribution in [1.29, 1.82) is 0 Å². The highest BCUT2D eigenvalue weighted by Crippen LogP contribution is 2.30. The SMILES string of the molecule is CC(=O)NN.O=C(O)C1CCCCN1Sc1ccc(C#Cc2ccc(-c3ccc4cnccc4n3)cc2)cc1. The van der Waals surface area contributed by atoms with Crippen molar-refractivity contribution in [3.05, 3.63) is 90.3 Å². The Kier molecular flexibility index (Phi) is 9.64. The molecule has 1 fully saturated rings. The molecule has 0 spiro atoms. The second kappa shape index (κ2) is 13.5. The monoisotopic (exact) mass is 539 g/mol. The van der Waals surface area contributed by atoms with Crippen LogP contribution in [-0.2, 0) is 9.59 Å². The fourth-order valence-corrected chi connectivity index (χ4v) is 5.06. The van der Waals surface area contributed by atoms with E-state index >= 15 is 0 Å². The topological polar surface area (TPSA) is 121 Å². The van der Waals surface area contributed by atoms with Crippen molar-refractivity contribution in [3.63, 3.8) is 0 Å². The summed E-state index contributed by atoms with van der Waals surface area (Å²) in [4.78, 5) is 31.0. The van der Waals surface area contributed by atoms with Crippen molar-refractivity contribution in [2.75, 3.05) is 6.54 Å². The number of hydrogen-bond acceptors (Lipinski definition) is 7. The first kappa shape index (κ1) is 27.8. The summed E-state index contributed by atoms with van der Waals surface area (Å²) in [6, 6.07) is 21.6. The van der Waals surface area contributed by atoms with Crippen molar-refractivity contribution < 1.29 is 14.7 Å². The molecule has 5 rings (SSSR count). The fraction of sp³-hybridized carbons (Fsp3) is 0.200. The molecule has 4 N–H and O–H groups in total. The minimum atomic E-state index is -0.741. The Hall–Kier alpha value is -4.23. The predicted octanol–water partition coefficient (Wildman–Crippen LogP) is 4.64. The first-order valence-electron chi connectivity index (χ1n) is 12.5. The third-order valence-corrected chi connectivity index (χ3v) is 7.19. The summed E-state index contributed by atoms with van der Waals surface area (Å²) < 4.78 is 1.98. The average molecular weight is 540 g/mol. The number of carboxylic acids is 1. The number of aromatic nitrogens is 2. The van der Waals surface area contributed by atoms with Gasteiger partial charge in [0.2, 0.25) is 5.91 Å². The van der Waals surface area contributed by atoms with Crippen LogP contribution in [0.5, 0.6) is 0 Å². The Morgan fingerprint density at radius 1 is 1.00 bits per heavy atom. The second-order valence-electron chi connectivity index (χ2n) is 8.90. The molecule has 1 aliphatic rings. The van der Waals surface area contributed by atoms with Crippen LogP contribution in [0.15, 0.2) is 84.0 Å². The number of benzene rings is 2. The number of nitrogens with zero attached hydrogens (tertiary/aromatic N) is 3. The summed E-state index contributed by atoms with van der Waals surface area (Å²) in [5.74, 6) is 10.0. The first-order valence-corrected chi connectivity index (χ1v) is 13.3. The smallest absolute Gasteiger partial charge is 0.321 e. The van der Waals surface area contributed by atoms with Crippen molar-refractivity contribution in [1.82, 2.24) is 19.7 Å². The molecule has 1 unspecified atom stereocenters. The van der Waals surface area contributed by atoms with Gasteiger partial charge < -0.3 is 5.11 Å². The molecule has 2 aromatic carbocycles. The van der Waals surface area contributed by atoms with Crippen molar-refractivity contribution in [2.45, 2.75) is 37.1 Å². The molecule has 0 radical (unpaired) electrons. The van der Waals surface area contributed by atoms with E-state index in [1.54, 1.807) is 6.20 Å². The van der Waals surface area contributed by atoms with Gasteiger partial charge in [0.15, 0.2) is 0 Å². The van der Waals surface area contributed by atoms with E-state index in [1.807, 2.05) is 82.7 Å². The molecule has 4 aromatic rings.